The average molecular weight is 383 g/mol. The van der Waals surface area contributed by atoms with Crippen molar-refractivity contribution in [3.05, 3.63) is 28.2 Å². The van der Waals surface area contributed by atoms with Gasteiger partial charge in [0.25, 0.3) is 5.85 Å². The molecule has 6 nitrogen and oxygen atoms in total. The van der Waals surface area contributed by atoms with Gasteiger partial charge in [-0.1, -0.05) is 15.9 Å². The second kappa shape index (κ2) is 6.14. The molecule has 1 aromatic carbocycles. The predicted octanol–water partition coefficient (Wildman–Crippen LogP) is 1.34. The van der Waals surface area contributed by atoms with Crippen molar-refractivity contribution >= 4 is 21.7 Å². The predicted molar refractivity (Wildman–Crippen MR) is 86.6 cm³/mol. The highest BCUT2D eigenvalue weighted by Crippen LogP contribution is 2.41. The lowest BCUT2D eigenvalue weighted by Gasteiger charge is -2.48. The fraction of sp³-hybridized carbons (Fsp3) is 0.562. The summed E-state index contributed by atoms with van der Waals surface area (Å²) in [5.74, 6) is -0.398. The molecule has 2 fully saturated rings. The van der Waals surface area contributed by atoms with E-state index in [4.69, 9.17) is 14.2 Å². The van der Waals surface area contributed by atoms with E-state index >= 15 is 0 Å². The molecule has 0 saturated carbocycles. The van der Waals surface area contributed by atoms with Crippen molar-refractivity contribution in [1.82, 2.24) is 9.80 Å². The Kier molecular flexibility index (Phi) is 4.15. The van der Waals surface area contributed by atoms with E-state index in [1.54, 1.807) is 0 Å². The zero-order valence-electron chi connectivity index (χ0n) is 12.8. The van der Waals surface area contributed by atoms with E-state index in [0.717, 1.165) is 4.47 Å². The van der Waals surface area contributed by atoms with Gasteiger partial charge < -0.3 is 14.2 Å². The van der Waals surface area contributed by atoms with Crippen LogP contribution in [0.4, 0.5) is 0 Å². The van der Waals surface area contributed by atoms with Gasteiger partial charge in [-0.15, -0.1) is 0 Å². The van der Waals surface area contributed by atoms with Crippen molar-refractivity contribution in [3.63, 3.8) is 0 Å². The highest BCUT2D eigenvalue weighted by atomic mass is 79.9. The monoisotopic (exact) mass is 382 g/mol. The van der Waals surface area contributed by atoms with Crippen LogP contribution in [-0.4, -0.2) is 74.0 Å². The first-order valence-electron chi connectivity index (χ1n) is 7.91. The molecule has 3 aliphatic rings. The molecule has 23 heavy (non-hydrogen) atoms. The first kappa shape index (κ1) is 15.5. The molecule has 4 rings (SSSR count). The minimum absolute atomic E-state index is 0.0117. The van der Waals surface area contributed by atoms with Crippen LogP contribution in [0, 0.1) is 0 Å². The Hall–Kier alpha value is -0.990. The highest BCUT2D eigenvalue weighted by Gasteiger charge is 2.57. The zero-order chi connectivity index (χ0) is 15.9. The minimum atomic E-state index is -1.06. The molecule has 1 aromatic rings. The number of ketones is 1. The molecule has 0 N–H and O–H groups in total. The second-order valence-corrected chi connectivity index (χ2v) is 6.79. The number of nitrogens with zero attached hydrogens (tertiary/aromatic N) is 2. The smallest absolute Gasteiger partial charge is 0.288 e. The number of rotatable bonds is 2. The summed E-state index contributed by atoms with van der Waals surface area (Å²) in [5, 5.41) is 0. The van der Waals surface area contributed by atoms with Gasteiger partial charge in [-0.05, 0) is 18.2 Å². The van der Waals surface area contributed by atoms with Crippen molar-refractivity contribution in [3.8, 4) is 5.75 Å². The molecule has 3 heterocycles. The van der Waals surface area contributed by atoms with E-state index in [1.807, 2.05) is 18.2 Å². The number of Topliss-reactive ketones (excluding diaryl/α,β-unsaturated/α-hetero) is 1. The Morgan fingerprint density at radius 3 is 2.09 bits per heavy atom. The van der Waals surface area contributed by atoms with Gasteiger partial charge in [-0.2, -0.15) is 0 Å². The van der Waals surface area contributed by atoms with Gasteiger partial charge in [-0.3, -0.25) is 4.79 Å². The Morgan fingerprint density at radius 1 is 0.957 bits per heavy atom. The Balaban J connectivity index is 1.76. The molecule has 0 aliphatic carbocycles. The number of morpholine rings is 2. The number of benzene rings is 1. The lowest BCUT2D eigenvalue weighted by molar-refractivity contribution is -0.190. The number of carbonyl (C=O) groups is 1. The lowest BCUT2D eigenvalue weighted by Crippen LogP contribution is -2.70. The number of halogens is 1. The molecule has 7 heteroatoms. The Bertz CT molecular complexity index is 594. The normalized spacial score (nSPS) is 25.2. The lowest BCUT2D eigenvalue weighted by atomic mass is 10.1. The summed E-state index contributed by atoms with van der Waals surface area (Å²) >= 11 is 3.45. The molecule has 0 atom stereocenters. The molecular weight excluding hydrogens is 364 g/mol. The number of hydrogen-bond donors (Lipinski definition) is 0. The van der Waals surface area contributed by atoms with Gasteiger partial charge in [0.15, 0.2) is 0 Å². The maximum Gasteiger partial charge on any atom is 0.288 e. The second-order valence-electron chi connectivity index (χ2n) is 5.88. The van der Waals surface area contributed by atoms with Crippen molar-refractivity contribution in [2.24, 2.45) is 0 Å². The third-order valence-electron chi connectivity index (χ3n) is 4.61. The number of hydrogen-bond acceptors (Lipinski definition) is 6. The van der Waals surface area contributed by atoms with Crippen LogP contribution in [0.1, 0.15) is 10.4 Å². The molecule has 0 radical (unpaired) electrons. The van der Waals surface area contributed by atoms with Crippen molar-refractivity contribution in [2.75, 3.05) is 52.6 Å². The molecule has 0 aromatic heterocycles. The molecule has 2 saturated heterocycles. The summed E-state index contributed by atoms with van der Waals surface area (Å²) in [6.07, 6.45) is 0. The summed E-state index contributed by atoms with van der Waals surface area (Å²) in [6.45, 7) is 5.17. The molecule has 0 amide bonds. The molecular formula is C16H19BrN2O4. The first-order chi connectivity index (χ1) is 11.2. The standard InChI is InChI=1S/C16H19BrN2O4/c17-12-1-2-14-13(11-12)15(20)16(23-14,18-3-7-21-8-4-18)19-5-9-22-10-6-19/h1-2,11H,3-10H2. The SMILES string of the molecule is O=C1c2cc(Br)ccc2OC1(N1CCOCC1)N1CCOCC1. The molecule has 124 valence electrons. The molecule has 0 unspecified atom stereocenters. The summed E-state index contributed by atoms with van der Waals surface area (Å²) in [7, 11) is 0. The fourth-order valence-corrected chi connectivity index (χ4v) is 3.85. The number of ether oxygens (including phenoxy) is 3. The van der Waals surface area contributed by atoms with Crippen LogP contribution in [0.5, 0.6) is 5.75 Å². The van der Waals surface area contributed by atoms with E-state index < -0.39 is 5.85 Å². The summed E-state index contributed by atoms with van der Waals surface area (Å²) < 4.78 is 18.1. The van der Waals surface area contributed by atoms with E-state index in [1.165, 1.54) is 0 Å². The van der Waals surface area contributed by atoms with Gasteiger partial charge in [0.1, 0.15) is 5.75 Å². The van der Waals surface area contributed by atoms with E-state index in [-0.39, 0.29) is 5.78 Å². The number of fused-ring (bicyclic) bond motifs is 1. The summed E-state index contributed by atoms with van der Waals surface area (Å²) in [6, 6.07) is 5.61. The Morgan fingerprint density at radius 2 is 1.52 bits per heavy atom. The van der Waals surface area contributed by atoms with Crippen LogP contribution in [-0.2, 0) is 9.47 Å². The topological polar surface area (TPSA) is 51.2 Å². The van der Waals surface area contributed by atoms with Gasteiger partial charge in [-0.25, -0.2) is 9.80 Å². The van der Waals surface area contributed by atoms with Crippen molar-refractivity contribution in [1.29, 1.82) is 0 Å². The molecule has 0 spiro atoms. The Labute approximate surface area is 143 Å². The van der Waals surface area contributed by atoms with Crippen molar-refractivity contribution < 1.29 is 19.0 Å². The quantitative estimate of drug-likeness (QED) is 0.769. The minimum Gasteiger partial charge on any atom is -0.451 e. The third-order valence-corrected chi connectivity index (χ3v) is 5.11. The van der Waals surface area contributed by atoms with Gasteiger partial charge in [0.05, 0.1) is 32.0 Å². The summed E-state index contributed by atoms with van der Waals surface area (Å²) in [4.78, 5) is 17.6. The van der Waals surface area contributed by atoms with E-state index in [0.29, 0.717) is 63.9 Å². The third kappa shape index (κ3) is 2.51. The van der Waals surface area contributed by atoms with Crippen LogP contribution in [0.2, 0.25) is 0 Å². The molecule has 3 aliphatic heterocycles. The van der Waals surface area contributed by atoms with Gasteiger partial charge in [0.2, 0.25) is 5.78 Å². The fourth-order valence-electron chi connectivity index (χ4n) is 3.49. The number of carbonyl (C=O) groups excluding carboxylic acids is 1. The maximum absolute atomic E-state index is 13.4. The van der Waals surface area contributed by atoms with E-state index in [9.17, 15) is 4.79 Å². The first-order valence-corrected chi connectivity index (χ1v) is 8.70. The van der Waals surface area contributed by atoms with Crippen LogP contribution < -0.4 is 4.74 Å². The highest BCUT2D eigenvalue weighted by molar-refractivity contribution is 9.10. The summed E-state index contributed by atoms with van der Waals surface area (Å²) in [5.41, 5.74) is 0.636. The van der Waals surface area contributed by atoms with E-state index in [2.05, 4.69) is 25.7 Å². The van der Waals surface area contributed by atoms with Crippen LogP contribution >= 0.6 is 15.9 Å². The zero-order valence-corrected chi connectivity index (χ0v) is 14.4. The van der Waals surface area contributed by atoms with Crippen LogP contribution in [0.15, 0.2) is 22.7 Å². The van der Waals surface area contributed by atoms with Crippen molar-refractivity contribution in [2.45, 2.75) is 5.85 Å². The maximum atomic E-state index is 13.4. The van der Waals surface area contributed by atoms with Crippen LogP contribution in [0.3, 0.4) is 0 Å². The average Bonchev–Trinajstić information content (AvgIpc) is 2.90. The van der Waals surface area contributed by atoms with Gasteiger partial charge in [0, 0.05) is 30.7 Å². The molecule has 0 bridgehead atoms. The largest absolute Gasteiger partial charge is 0.451 e. The van der Waals surface area contributed by atoms with Gasteiger partial charge >= 0.3 is 0 Å². The van der Waals surface area contributed by atoms with Crippen LogP contribution in [0.25, 0.3) is 0 Å².